The number of phenols is 1. The van der Waals surface area contributed by atoms with Crippen molar-refractivity contribution in [3.8, 4) is 5.75 Å². The van der Waals surface area contributed by atoms with Crippen LogP contribution >= 0.6 is 24.8 Å². The van der Waals surface area contributed by atoms with E-state index in [1.165, 1.54) is 4.90 Å². The molecule has 0 heterocycles. The number of aliphatic hydroxyl groups excluding tert-OH is 2. The smallest absolute Gasteiger partial charge is 0.255 e. The Morgan fingerprint density at radius 1 is 1.11 bits per heavy atom. The van der Waals surface area contributed by atoms with Crippen molar-refractivity contribution in [3.63, 3.8) is 0 Å². The molecule has 1 aromatic rings. The molecule has 3 aliphatic carbocycles. The van der Waals surface area contributed by atoms with E-state index in [2.05, 4.69) is 10.6 Å². The van der Waals surface area contributed by atoms with Gasteiger partial charge in [0.25, 0.3) is 5.91 Å². The number of rotatable bonds is 9. The Bertz CT molecular complexity index is 1430. The lowest BCUT2D eigenvalue weighted by atomic mass is 9.57. The first-order valence-corrected chi connectivity index (χ1v) is 13.9. The van der Waals surface area contributed by atoms with Crippen molar-refractivity contribution in [2.45, 2.75) is 44.2 Å². The first-order chi connectivity index (χ1) is 19.7. The number of phenolic OH excluding ortho intramolecular Hbond substituents is 1. The lowest BCUT2D eigenvalue weighted by molar-refractivity contribution is -0.153. The number of fused-ring (bicyclic) bond motifs is 3. The number of likely N-dealkylation sites (N-methyl/N-ethyl adjacent to an activating group) is 1. The number of hydrogen-bond donors (Lipinski definition) is 7. The number of primary amides is 1. The Morgan fingerprint density at radius 2 is 1.75 bits per heavy atom. The maximum absolute atomic E-state index is 14.0. The highest BCUT2D eigenvalue weighted by atomic mass is 35.5. The van der Waals surface area contributed by atoms with Crippen LogP contribution in [0.25, 0.3) is 5.76 Å². The molecule has 0 spiro atoms. The van der Waals surface area contributed by atoms with E-state index in [1.807, 2.05) is 6.92 Å². The van der Waals surface area contributed by atoms with E-state index < -0.39 is 69.7 Å². The van der Waals surface area contributed by atoms with Crippen molar-refractivity contribution in [2.75, 3.05) is 51.5 Å². The van der Waals surface area contributed by atoms with Gasteiger partial charge in [0.05, 0.1) is 23.8 Å². The predicted octanol–water partition coefficient (Wildman–Crippen LogP) is 1.20. The summed E-state index contributed by atoms with van der Waals surface area (Å²) in [5.41, 5.74) is 2.51. The van der Waals surface area contributed by atoms with Gasteiger partial charge < -0.3 is 41.7 Å². The Morgan fingerprint density at radius 3 is 2.30 bits per heavy atom. The number of unbranched alkanes of at least 4 members (excludes halogenated alkanes) is 1. The van der Waals surface area contributed by atoms with E-state index in [0.717, 1.165) is 12.8 Å². The lowest BCUT2D eigenvalue weighted by Gasteiger charge is -2.50. The molecule has 244 valence electrons. The van der Waals surface area contributed by atoms with E-state index in [4.69, 9.17) is 5.73 Å². The molecule has 1 aromatic carbocycles. The number of benzene rings is 1. The van der Waals surface area contributed by atoms with Crippen molar-refractivity contribution in [1.29, 1.82) is 0 Å². The minimum absolute atomic E-state index is 0. The highest BCUT2D eigenvalue weighted by Crippen LogP contribution is 2.54. The number of anilines is 2. The summed E-state index contributed by atoms with van der Waals surface area (Å²) in [6, 6.07) is 0.422. The van der Waals surface area contributed by atoms with Crippen LogP contribution in [0.4, 0.5) is 11.4 Å². The molecule has 13 nitrogen and oxygen atoms in total. The number of nitrogens with two attached hydrogens (primary N) is 1. The van der Waals surface area contributed by atoms with Gasteiger partial charge >= 0.3 is 0 Å². The van der Waals surface area contributed by atoms with E-state index in [-0.39, 0.29) is 61.0 Å². The van der Waals surface area contributed by atoms with Crippen LogP contribution in [0.2, 0.25) is 0 Å². The Kier molecular flexibility index (Phi) is 11.5. The molecule has 1 saturated carbocycles. The Hall–Kier alpha value is -3.36. The molecule has 2 amide bonds. The second-order valence-corrected chi connectivity index (χ2v) is 11.6. The molecule has 0 aromatic heterocycles. The lowest BCUT2D eigenvalue weighted by Crippen LogP contribution is -2.65. The molecule has 1 fully saturated rings. The topological polar surface area (TPSA) is 206 Å². The number of aromatic hydroxyl groups is 1. The second-order valence-electron chi connectivity index (χ2n) is 11.6. The molecule has 4 rings (SSSR count). The zero-order valence-electron chi connectivity index (χ0n) is 25.3. The van der Waals surface area contributed by atoms with E-state index in [9.17, 15) is 39.6 Å². The molecule has 0 radical (unpaired) electrons. The first kappa shape index (κ1) is 36.8. The monoisotopic (exact) mass is 657 g/mol. The quantitative estimate of drug-likeness (QED) is 0.114. The number of carbonyl (C=O) groups is 4. The van der Waals surface area contributed by atoms with Crippen molar-refractivity contribution in [2.24, 2.45) is 17.6 Å². The third kappa shape index (κ3) is 5.86. The average molecular weight is 659 g/mol. The van der Waals surface area contributed by atoms with E-state index >= 15 is 0 Å². The molecular weight excluding hydrogens is 617 g/mol. The van der Waals surface area contributed by atoms with Gasteiger partial charge in [-0.25, -0.2) is 0 Å². The van der Waals surface area contributed by atoms with Crippen LogP contribution in [0, 0.1) is 11.8 Å². The number of carbonyl (C=O) groups excluding carboxylic acids is 4. The molecule has 0 saturated heterocycles. The van der Waals surface area contributed by atoms with Crippen LogP contribution in [0.3, 0.4) is 0 Å². The van der Waals surface area contributed by atoms with E-state index in [1.54, 1.807) is 39.2 Å². The molecule has 3 unspecified atom stereocenters. The van der Waals surface area contributed by atoms with Gasteiger partial charge in [-0.05, 0) is 57.5 Å². The zero-order chi connectivity index (χ0) is 31.3. The highest BCUT2D eigenvalue weighted by molar-refractivity contribution is 6.24. The van der Waals surface area contributed by atoms with Gasteiger partial charge in [0.2, 0.25) is 11.7 Å². The fourth-order valence-electron chi connectivity index (χ4n) is 6.48. The average Bonchev–Trinajstić information content (AvgIpc) is 2.89. The molecule has 8 N–H and O–H groups in total. The number of hydrogen-bond acceptors (Lipinski definition) is 11. The number of nitrogens with one attached hydrogen (secondary N) is 2. The molecule has 0 aliphatic heterocycles. The normalized spacial score (nSPS) is 24.1. The number of aliphatic hydroxyl groups is 3. The summed E-state index contributed by atoms with van der Waals surface area (Å²) in [6.07, 6.45) is 1.98. The van der Waals surface area contributed by atoms with Crippen molar-refractivity contribution in [1.82, 2.24) is 10.2 Å². The maximum Gasteiger partial charge on any atom is 0.255 e. The third-order valence-corrected chi connectivity index (χ3v) is 8.45. The SMILES string of the molecule is CCCCNCC(=O)Nc1cc(N(C)C)c2c(c1O)C(O)=C1C(=O)C3(O)C(O)=C(C(N)=O)C(=O)[C@@H](N(C)C)C3CC1C2.Cl.Cl. The van der Waals surface area contributed by atoms with Gasteiger partial charge in [-0.15, -0.1) is 24.8 Å². The molecule has 4 atom stereocenters. The predicted molar refractivity (Wildman–Crippen MR) is 169 cm³/mol. The third-order valence-electron chi connectivity index (χ3n) is 8.45. The molecule has 3 aliphatic rings. The van der Waals surface area contributed by atoms with Crippen LogP contribution in [-0.2, 0) is 25.6 Å². The van der Waals surface area contributed by atoms with Gasteiger partial charge in [0, 0.05) is 31.3 Å². The van der Waals surface area contributed by atoms with Crippen LogP contribution < -0.4 is 21.3 Å². The molecular formula is C29H41Cl2N5O8. The second kappa shape index (κ2) is 13.7. The molecule has 0 bridgehead atoms. The minimum Gasteiger partial charge on any atom is -0.508 e. The van der Waals surface area contributed by atoms with Gasteiger partial charge in [-0.3, -0.25) is 24.1 Å². The van der Waals surface area contributed by atoms with Crippen LogP contribution in [0.1, 0.15) is 37.3 Å². The molecule has 44 heavy (non-hydrogen) atoms. The Balaban J connectivity index is 0.00000337. The molecule has 15 heteroatoms. The van der Waals surface area contributed by atoms with Crippen LogP contribution in [0.15, 0.2) is 23.0 Å². The number of ketones is 2. The summed E-state index contributed by atoms with van der Waals surface area (Å²) in [6.45, 7) is 2.66. The maximum atomic E-state index is 14.0. The summed E-state index contributed by atoms with van der Waals surface area (Å²) in [7, 11) is 6.60. The van der Waals surface area contributed by atoms with Crippen LogP contribution in [-0.4, -0.2) is 102 Å². The summed E-state index contributed by atoms with van der Waals surface area (Å²) >= 11 is 0. The fourth-order valence-corrected chi connectivity index (χ4v) is 6.48. The largest absolute Gasteiger partial charge is 0.508 e. The van der Waals surface area contributed by atoms with Crippen LogP contribution in [0.5, 0.6) is 5.75 Å². The van der Waals surface area contributed by atoms with Gasteiger partial charge in [0.15, 0.2) is 11.4 Å². The van der Waals surface area contributed by atoms with Crippen molar-refractivity contribution >= 4 is 65.3 Å². The summed E-state index contributed by atoms with van der Waals surface area (Å²) < 4.78 is 0. The highest BCUT2D eigenvalue weighted by Gasteiger charge is 2.64. The number of Topliss-reactive ketones (excluding diaryl/α,β-unsaturated/α-hetero) is 2. The van der Waals surface area contributed by atoms with Gasteiger partial charge in [-0.1, -0.05) is 13.3 Å². The van der Waals surface area contributed by atoms with Crippen molar-refractivity contribution < 1.29 is 39.6 Å². The summed E-state index contributed by atoms with van der Waals surface area (Å²) in [5, 5.41) is 51.2. The number of halogens is 2. The number of amides is 2. The Labute approximate surface area is 268 Å². The fraction of sp³-hybridized carbons (Fsp3) is 0.517. The van der Waals surface area contributed by atoms with E-state index in [0.29, 0.717) is 17.8 Å². The zero-order valence-corrected chi connectivity index (χ0v) is 26.9. The first-order valence-electron chi connectivity index (χ1n) is 13.9. The van der Waals surface area contributed by atoms with Gasteiger partial charge in [-0.2, -0.15) is 0 Å². The van der Waals surface area contributed by atoms with Crippen molar-refractivity contribution in [3.05, 3.63) is 34.1 Å². The number of nitrogens with zero attached hydrogens (tertiary/aromatic N) is 2. The van der Waals surface area contributed by atoms with Gasteiger partial charge in [0.1, 0.15) is 22.8 Å². The minimum atomic E-state index is -2.72. The standard InChI is InChI=1S/C29H39N5O8.2ClH/c1-6-7-8-31-12-18(35)32-16-11-17(33(2)3)14-9-13-10-15-22(34(4)5)25(38)21(28(30)41)27(40)29(15,42)26(39)19(13)24(37)20(14)23(16)36;;/h11,13,15,22,31,36-37,40,42H,6-10,12H2,1-5H3,(H2,30,41)(H,32,35);2*1H/t13?,15?,22-,29?;;/m0../s1. The summed E-state index contributed by atoms with van der Waals surface area (Å²) in [5.74, 6) is -7.71. The summed E-state index contributed by atoms with van der Waals surface area (Å²) in [4.78, 5) is 55.2.